The maximum absolute atomic E-state index is 11.6. The van der Waals surface area contributed by atoms with Crippen molar-refractivity contribution >= 4 is 11.9 Å². The summed E-state index contributed by atoms with van der Waals surface area (Å²) in [6, 6.07) is 4.05. The molecule has 1 aromatic rings. The fraction of sp³-hybridized carbons (Fsp3) is 0.429. The molecule has 0 spiro atoms. The van der Waals surface area contributed by atoms with Crippen LogP contribution in [0.4, 0.5) is 0 Å². The predicted octanol–water partition coefficient (Wildman–Crippen LogP) is 0.923. The van der Waals surface area contributed by atoms with Gasteiger partial charge in [0.1, 0.15) is 0 Å². The van der Waals surface area contributed by atoms with Crippen LogP contribution in [0.25, 0.3) is 0 Å². The molecule has 0 saturated heterocycles. The Morgan fingerprint density at radius 3 is 2.57 bits per heavy atom. The minimum absolute atomic E-state index is 0.0809. The molecule has 2 N–H and O–H groups in total. The summed E-state index contributed by atoms with van der Waals surface area (Å²) in [5.41, 5.74) is 0.0809. The van der Waals surface area contributed by atoms with Gasteiger partial charge in [-0.05, 0) is 25.1 Å². The van der Waals surface area contributed by atoms with E-state index in [0.29, 0.717) is 12.4 Å². The first-order valence-corrected chi connectivity index (χ1v) is 6.30. The van der Waals surface area contributed by atoms with E-state index < -0.39 is 5.97 Å². The molecule has 1 atom stereocenters. The van der Waals surface area contributed by atoms with Crippen molar-refractivity contribution in [3.8, 4) is 11.5 Å². The highest BCUT2D eigenvalue weighted by molar-refractivity contribution is 5.88. The second-order valence-corrected chi connectivity index (χ2v) is 4.38. The lowest BCUT2D eigenvalue weighted by molar-refractivity contribution is -0.124. The van der Waals surface area contributed by atoms with E-state index in [4.69, 9.17) is 19.3 Å². The Labute approximate surface area is 122 Å². The first-order chi connectivity index (χ1) is 9.97. The highest BCUT2D eigenvalue weighted by atomic mass is 16.5. The third kappa shape index (κ3) is 5.31. The van der Waals surface area contributed by atoms with Gasteiger partial charge in [0.2, 0.25) is 0 Å². The SMILES string of the molecule is COCC(C)NC(=O)COc1ccc(C(=O)O)cc1OC. The molecule has 0 bridgehead atoms. The fourth-order valence-corrected chi connectivity index (χ4v) is 1.67. The third-order valence-electron chi connectivity index (χ3n) is 2.59. The highest BCUT2D eigenvalue weighted by Gasteiger charge is 2.12. The van der Waals surface area contributed by atoms with Crippen molar-refractivity contribution in [2.45, 2.75) is 13.0 Å². The molecule has 0 aromatic heterocycles. The van der Waals surface area contributed by atoms with Crippen LogP contribution in [0.5, 0.6) is 11.5 Å². The minimum Gasteiger partial charge on any atom is -0.493 e. The van der Waals surface area contributed by atoms with Crippen LogP contribution >= 0.6 is 0 Å². The fourth-order valence-electron chi connectivity index (χ4n) is 1.67. The molecule has 0 heterocycles. The Morgan fingerprint density at radius 2 is 2.00 bits per heavy atom. The van der Waals surface area contributed by atoms with Crippen LogP contribution in [0.2, 0.25) is 0 Å². The van der Waals surface area contributed by atoms with Crippen LogP contribution in [0.1, 0.15) is 17.3 Å². The molecule has 0 saturated carbocycles. The van der Waals surface area contributed by atoms with Gasteiger partial charge in [-0.2, -0.15) is 0 Å². The van der Waals surface area contributed by atoms with Crippen molar-refractivity contribution in [1.29, 1.82) is 0 Å². The molecule has 0 aliphatic carbocycles. The molecule has 0 fully saturated rings. The number of carboxylic acids is 1. The Bertz CT molecular complexity index is 502. The smallest absolute Gasteiger partial charge is 0.335 e. The van der Waals surface area contributed by atoms with Gasteiger partial charge in [-0.1, -0.05) is 0 Å². The lowest BCUT2D eigenvalue weighted by atomic mass is 10.2. The van der Waals surface area contributed by atoms with E-state index in [1.54, 1.807) is 7.11 Å². The largest absolute Gasteiger partial charge is 0.493 e. The standard InChI is InChI=1S/C14H19NO6/c1-9(7-19-2)15-13(16)8-21-11-5-4-10(14(17)18)6-12(11)20-3/h4-6,9H,7-8H2,1-3H3,(H,15,16)(H,17,18). The number of rotatable bonds is 8. The van der Waals surface area contributed by atoms with Gasteiger partial charge in [-0.15, -0.1) is 0 Å². The zero-order valence-electron chi connectivity index (χ0n) is 12.2. The summed E-state index contributed by atoms with van der Waals surface area (Å²) in [7, 11) is 2.95. The molecular formula is C14H19NO6. The van der Waals surface area contributed by atoms with Gasteiger partial charge in [0, 0.05) is 13.2 Å². The first kappa shape index (κ1) is 16.8. The highest BCUT2D eigenvalue weighted by Crippen LogP contribution is 2.27. The Kier molecular flexibility index (Phi) is 6.48. The number of hydrogen-bond donors (Lipinski definition) is 2. The molecule has 1 unspecified atom stereocenters. The summed E-state index contributed by atoms with van der Waals surface area (Å²) in [5, 5.41) is 11.6. The number of aromatic carboxylic acids is 1. The molecule has 7 heteroatoms. The average Bonchev–Trinajstić information content (AvgIpc) is 2.44. The van der Waals surface area contributed by atoms with Crippen LogP contribution in [-0.2, 0) is 9.53 Å². The van der Waals surface area contributed by atoms with Crippen LogP contribution < -0.4 is 14.8 Å². The monoisotopic (exact) mass is 297 g/mol. The van der Waals surface area contributed by atoms with E-state index >= 15 is 0 Å². The van der Waals surface area contributed by atoms with Gasteiger partial charge in [-0.25, -0.2) is 4.79 Å². The first-order valence-electron chi connectivity index (χ1n) is 6.30. The number of benzene rings is 1. The Morgan fingerprint density at radius 1 is 1.29 bits per heavy atom. The predicted molar refractivity (Wildman–Crippen MR) is 74.9 cm³/mol. The lowest BCUT2D eigenvalue weighted by Gasteiger charge is -2.14. The summed E-state index contributed by atoms with van der Waals surface area (Å²) in [5.74, 6) is -0.806. The van der Waals surface area contributed by atoms with Crippen molar-refractivity contribution in [1.82, 2.24) is 5.32 Å². The van der Waals surface area contributed by atoms with Crippen LogP contribution in [0.15, 0.2) is 18.2 Å². The van der Waals surface area contributed by atoms with Gasteiger partial charge < -0.3 is 24.6 Å². The summed E-state index contributed by atoms with van der Waals surface area (Å²) in [4.78, 5) is 22.5. The second-order valence-electron chi connectivity index (χ2n) is 4.38. The molecule has 7 nitrogen and oxygen atoms in total. The van der Waals surface area contributed by atoms with Crippen molar-refractivity contribution in [3.63, 3.8) is 0 Å². The molecule has 116 valence electrons. The van der Waals surface area contributed by atoms with Crippen LogP contribution in [0, 0.1) is 0 Å². The zero-order valence-corrected chi connectivity index (χ0v) is 12.2. The molecule has 21 heavy (non-hydrogen) atoms. The van der Waals surface area contributed by atoms with E-state index in [2.05, 4.69) is 5.32 Å². The lowest BCUT2D eigenvalue weighted by Crippen LogP contribution is -2.38. The number of ether oxygens (including phenoxy) is 3. The summed E-state index contributed by atoms with van der Waals surface area (Å²) < 4.78 is 15.3. The second kappa shape index (κ2) is 8.11. The molecule has 1 amide bonds. The van der Waals surface area contributed by atoms with Crippen molar-refractivity contribution in [3.05, 3.63) is 23.8 Å². The van der Waals surface area contributed by atoms with E-state index in [0.717, 1.165) is 0 Å². The number of carbonyl (C=O) groups is 2. The van der Waals surface area contributed by atoms with Crippen LogP contribution in [-0.4, -0.2) is 50.5 Å². The molecule has 0 radical (unpaired) electrons. The van der Waals surface area contributed by atoms with Gasteiger partial charge in [0.05, 0.1) is 19.3 Å². The molecular weight excluding hydrogens is 278 g/mol. The maximum atomic E-state index is 11.6. The van der Waals surface area contributed by atoms with Gasteiger partial charge in [0.15, 0.2) is 18.1 Å². The van der Waals surface area contributed by atoms with E-state index in [1.807, 2.05) is 6.92 Å². The molecule has 0 aliphatic rings. The number of nitrogens with one attached hydrogen (secondary N) is 1. The van der Waals surface area contributed by atoms with Gasteiger partial charge >= 0.3 is 5.97 Å². The molecule has 1 rings (SSSR count). The topological polar surface area (TPSA) is 94.1 Å². The molecule has 1 aromatic carbocycles. The maximum Gasteiger partial charge on any atom is 0.335 e. The summed E-state index contributed by atoms with van der Waals surface area (Å²) >= 11 is 0. The average molecular weight is 297 g/mol. The number of amides is 1. The van der Waals surface area contributed by atoms with Gasteiger partial charge in [-0.3, -0.25) is 4.79 Å². The minimum atomic E-state index is -1.06. The van der Waals surface area contributed by atoms with Crippen molar-refractivity contribution < 1.29 is 28.9 Å². The summed E-state index contributed by atoms with van der Waals surface area (Å²) in [6.07, 6.45) is 0. The quantitative estimate of drug-likeness (QED) is 0.741. The third-order valence-corrected chi connectivity index (χ3v) is 2.59. The summed E-state index contributed by atoms with van der Waals surface area (Å²) in [6.45, 7) is 2.02. The Balaban J connectivity index is 2.62. The number of hydrogen-bond acceptors (Lipinski definition) is 5. The van der Waals surface area contributed by atoms with E-state index in [9.17, 15) is 9.59 Å². The Hall–Kier alpha value is -2.28. The number of carboxylic acid groups (broad SMARTS) is 1. The van der Waals surface area contributed by atoms with Crippen molar-refractivity contribution in [2.75, 3.05) is 27.4 Å². The van der Waals surface area contributed by atoms with E-state index in [1.165, 1.54) is 25.3 Å². The van der Waals surface area contributed by atoms with Gasteiger partial charge in [0.25, 0.3) is 5.91 Å². The number of carbonyl (C=O) groups excluding carboxylic acids is 1. The normalized spacial score (nSPS) is 11.6. The number of methoxy groups -OCH3 is 2. The molecule has 0 aliphatic heterocycles. The zero-order chi connectivity index (χ0) is 15.8. The van der Waals surface area contributed by atoms with Crippen molar-refractivity contribution in [2.24, 2.45) is 0 Å². The van der Waals surface area contributed by atoms with Crippen LogP contribution in [0.3, 0.4) is 0 Å². The van der Waals surface area contributed by atoms with E-state index in [-0.39, 0.29) is 29.9 Å².